The highest BCUT2D eigenvalue weighted by Crippen LogP contribution is 2.15. The fourth-order valence-electron chi connectivity index (χ4n) is 1.48. The van der Waals surface area contributed by atoms with Crippen LogP contribution in [0.15, 0.2) is 24.3 Å². The van der Waals surface area contributed by atoms with Crippen molar-refractivity contribution in [2.45, 2.75) is 6.54 Å². The van der Waals surface area contributed by atoms with Crippen molar-refractivity contribution in [3.05, 3.63) is 29.8 Å². The molecule has 1 N–H and O–H groups in total. The molecule has 4 heteroatoms. The van der Waals surface area contributed by atoms with Gasteiger partial charge in [-0.1, -0.05) is 12.1 Å². The minimum atomic E-state index is -1.04. The van der Waals surface area contributed by atoms with Crippen LogP contribution in [-0.2, 0) is 11.3 Å². The van der Waals surface area contributed by atoms with Crippen LogP contribution in [0.25, 0.3) is 0 Å². The van der Waals surface area contributed by atoms with Crippen molar-refractivity contribution >= 4 is 5.97 Å². The van der Waals surface area contributed by atoms with Crippen molar-refractivity contribution in [3.63, 3.8) is 0 Å². The molecule has 1 unspecified atom stereocenters. The fourth-order valence-corrected chi connectivity index (χ4v) is 1.48. The quantitative estimate of drug-likeness (QED) is 0.639. The number of rotatable bonds is 5. The maximum absolute atomic E-state index is 10.4. The lowest BCUT2D eigenvalue weighted by Gasteiger charge is -2.15. The van der Waals surface area contributed by atoms with Gasteiger partial charge in [0, 0.05) is 5.56 Å². The van der Waals surface area contributed by atoms with E-state index in [1.165, 1.54) is 0 Å². The molecular formula is C11H15NO3. The molecule has 0 heterocycles. The molecule has 0 aliphatic rings. The summed E-state index contributed by atoms with van der Waals surface area (Å²) >= 11 is 0. The highest BCUT2D eigenvalue weighted by Gasteiger charge is 2.08. The van der Waals surface area contributed by atoms with E-state index in [0.29, 0.717) is 6.54 Å². The molecule has 0 aliphatic carbocycles. The molecule has 0 spiro atoms. The number of quaternary nitrogens is 1. The van der Waals surface area contributed by atoms with E-state index in [1.807, 2.05) is 31.3 Å². The first-order valence-electron chi connectivity index (χ1n) is 4.76. The standard InChI is InChI=1S/C11H15NO3/c1-12(8-11(13)14)7-9-5-3-4-6-10(9)15-2/h3-6H,7-8H2,1-2H3,(H,13,14). The highest BCUT2D eigenvalue weighted by molar-refractivity contribution is 5.65. The minimum Gasteiger partial charge on any atom is -0.544 e. The Morgan fingerprint density at radius 2 is 2.13 bits per heavy atom. The van der Waals surface area contributed by atoms with Crippen LogP contribution >= 0.6 is 0 Å². The van der Waals surface area contributed by atoms with Crippen LogP contribution in [0.5, 0.6) is 5.75 Å². The summed E-state index contributed by atoms with van der Waals surface area (Å²) in [6.07, 6.45) is 0. The van der Waals surface area contributed by atoms with Crippen LogP contribution in [0.1, 0.15) is 5.56 Å². The second kappa shape index (κ2) is 5.36. The smallest absolute Gasteiger partial charge is 0.127 e. The number of carbonyl (C=O) groups is 1. The first-order chi connectivity index (χ1) is 7.13. The second-order valence-corrected chi connectivity index (χ2v) is 3.49. The van der Waals surface area contributed by atoms with Crippen molar-refractivity contribution in [2.24, 2.45) is 0 Å². The zero-order valence-electron chi connectivity index (χ0n) is 8.95. The van der Waals surface area contributed by atoms with Gasteiger partial charge in [0.1, 0.15) is 18.8 Å². The van der Waals surface area contributed by atoms with Crippen LogP contribution < -0.4 is 14.7 Å². The second-order valence-electron chi connectivity index (χ2n) is 3.49. The number of ether oxygens (including phenoxy) is 1. The number of carbonyl (C=O) groups excluding carboxylic acids is 1. The Hall–Kier alpha value is -1.55. The number of carboxylic acids is 1. The molecular weight excluding hydrogens is 194 g/mol. The number of likely N-dealkylation sites (N-methyl/N-ethyl adjacent to an activating group) is 1. The molecule has 4 nitrogen and oxygen atoms in total. The largest absolute Gasteiger partial charge is 0.544 e. The maximum atomic E-state index is 10.4. The molecule has 1 rings (SSSR count). The number of hydrogen-bond acceptors (Lipinski definition) is 3. The third-order valence-corrected chi connectivity index (χ3v) is 2.13. The van der Waals surface area contributed by atoms with E-state index in [-0.39, 0.29) is 6.54 Å². The summed E-state index contributed by atoms with van der Waals surface area (Å²) in [6.45, 7) is 0.607. The van der Waals surface area contributed by atoms with Crippen molar-refractivity contribution in [1.82, 2.24) is 0 Å². The van der Waals surface area contributed by atoms with E-state index in [0.717, 1.165) is 16.2 Å². The minimum absolute atomic E-state index is 0.00194. The predicted molar refractivity (Wildman–Crippen MR) is 53.5 cm³/mol. The van der Waals surface area contributed by atoms with Crippen LogP contribution in [0.2, 0.25) is 0 Å². The summed E-state index contributed by atoms with van der Waals surface area (Å²) in [5.74, 6) is -0.252. The number of hydrogen-bond donors (Lipinski definition) is 1. The molecule has 0 saturated heterocycles. The molecule has 0 saturated carbocycles. The summed E-state index contributed by atoms with van der Waals surface area (Å²) in [4.78, 5) is 11.3. The van der Waals surface area contributed by atoms with Gasteiger partial charge in [-0.05, 0) is 12.1 Å². The number of benzene rings is 1. The lowest BCUT2D eigenvalue weighted by atomic mass is 10.2. The van der Waals surface area contributed by atoms with Gasteiger partial charge in [-0.15, -0.1) is 0 Å². The van der Waals surface area contributed by atoms with E-state index in [1.54, 1.807) is 7.11 Å². The van der Waals surface area contributed by atoms with Gasteiger partial charge in [0.15, 0.2) is 0 Å². The number of carboxylic acid groups (broad SMARTS) is 1. The van der Waals surface area contributed by atoms with E-state index >= 15 is 0 Å². The van der Waals surface area contributed by atoms with Crippen LogP contribution in [0, 0.1) is 0 Å². The average Bonchev–Trinajstić information content (AvgIpc) is 2.17. The summed E-state index contributed by atoms with van der Waals surface area (Å²) in [5.41, 5.74) is 0.999. The van der Waals surface area contributed by atoms with Crippen molar-refractivity contribution in [3.8, 4) is 5.75 Å². The molecule has 15 heavy (non-hydrogen) atoms. The number of aliphatic carboxylic acids is 1. The van der Waals surface area contributed by atoms with Gasteiger partial charge in [0.05, 0.1) is 20.1 Å². The lowest BCUT2D eigenvalue weighted by Crippen LogP contribution is -3.09. The van der Waals surface area contributed by atoms with E-state index in [4.69, 9.17) is 4.74 Å². The van der Waals surface area contributed by atoms with E-state index in [9.17, 15) is 9.90 Å². The molecule has 0 aliphatic heterocycles. The van der Waals surface area contributed by atoms with E-state index < -0.39 is 5.97 Å². The first kappa shape index (κ1) is 11.5. The fraction of sp³-hybridized carbons (Fsp3) is 0.364. The Morgan fingerprint density at radius 3 is 2.73 bits per heavy atom. The van der Waals surface area contributed by atoms with Gasteiger partial charge in [-0.25, -0.2) is 0 Å². The molecule has 82 valence electrons. The monoisotopic (exact) mass is 209 g/mol. The SMILES string of the molecule is COc1ccccc1C[NH+](C)CC(=O)[O-]. The van der Waals surface area contributed by atoms with Gasteiger partial charge >= 0.3 is 0 Å². The van der Waals surface area contributed by atoms with Gasteiger partial charge in [-0.2, -0.15) is 0 Å². The third-order valence-electron chi connectivity index (χ3n) is 2.13. The Morgan fingerprint density at radius 1 is 1.47 bits per heavy atom. The van der Waals surface area contributed by atoms with Gasteiger partial charge in [-0.3, -0.25) is 0 Å². The zero-order valence-corrected chi connectivity index (χ0v) is 8.95. The summed E-state index contributed by atoms with van der Waals surface area (Å²) in [5, 5.41) is 10.4. The van der Waals surface area contributed by atoms with Gasteiger partial charge in [0.2, 0.25) is 0 Å². The molecule has 0 radical (unpaired) electrons. The van der Waals surface area contributed by atoms with Crippen LogP contribution in [0.3, 0.4) is 0 Å². The third kappa shape index (κ3) is 3.59. The average molecular weight is 209 g/mol. The Labute approximate surface area is 89.1 Å². The lowest BCUT2D eigenvalue weighted by molar-refractivity contribution is -0.887. The van der Waals surface area contributed by atoms with Gasteiger partial charge in [0.25, 0.3) is 0 Å². The summed E-state index contributed by atoms with van der Waals surface area (Å²) < 4.78 is 5.17. The first-order valence-corrected chi connectivity index (χ1v) is 4.76. The topological polar surface area (TPSA) is 53.8 Å². The molecule has 0 amide bonds. The van der Waals surface area contributed by atoms with Crippen molar-refractivity contribution in [2.75, 3.05) is 20.7 Å². The number of para-hydroxylation sites is 1. The Balaban J connectivity index is 2.67. The molecule has 0 aromatic heterocycles. The molecule has 1 atom stereocenters. The van der Waals surface area contributed by atoms with Crippen LogP contribution in [-0.4, -0.2) is 26.7 Å². The Kier molecular flexibility index (Phi) is 4.12. The number of methoxy groups -OCH3 is 1. The van der Waals surface area contributed by atoms with Crippen LogP contribution in [0.4, 0.5) is 0 Å². The highest BCUT2D eigenvalue weighted by atomic mass is 16.5. The summed E-state index contributed by atoms with van der Waals surface area (Å²) in [7, 11) is 3.41. The molecule has 1 aromatic carbocycles. The Bertz CT molecular complexity index is 338. The molecule has 0 bridgehead atoms. The summed E-state index contributed by atoms with van der Waals surface area (Å²) in [6, 6.07) is 7.58. The zero-order chi connectivity index (χ0) is 11.3. The predicted octanol–water partition coefficient (Wildman–Crippen LogP) is -1.54. The molecule has 1 aromatic rings. The molecule has 0 fully saturated rings. The van der Waals surface area contributed by atoms with E-state index in [2.05, 4.69) is 0 Å². The normalized spacial score (nSPS) is 12.1. The van der Waals surface area contributed by atoms with Gasteiger partial charge < -0.3 is 19.5 Å². The maximum Gasteiger partial charge on any atom is 0.127 e. The van der Waals surface area contributed by atoms with Crippen molar-refractivity contribution in [1.29, 1.82) is 0 Å². The van der Waals surface area contributed by atoms with Crippen molar-refractivity contribution < 1.29 is 19.5 Å². The number of nitrogens with one attached hydrogen (secondary N) is 1.